The molecule has 2 N–H and O–H groups in total. The lowest BCUT2D eigenvalue weighted by Gasteiger charge is -2.16. The molecule has 0 aliphatic heterocycles. The zero-order valence-electron chi connectivity index (χ0n) is 23.0. The number of carbonyl (C=O) groups excluding carboxylic acids is 1. The molecular formula is C30H37Cl4N3O3. The van der Waals surface area contributed by atoms with Crippen LogP contribution in [-0.2, 0) is 11.2 Å². The predicted molar refractivity (Wildman–Crippen MR) is 167 cm³/mol. The average Bonchev–Trinajstić information content (AvgIpc) is 3.25. The standard InChI is InChI=1S/C30H37Cl4N3O3/c1-3-4-5-6-7-8-9-10-11-12-13-21-16-20(2)14-15-25(21)40-29(34)30(39)35-26-19-27(38)37(36-26)28-23(32)17-22(31)18-24(28)33/h14-19,29,36H,3-13H2,1-2H3,(H,35,39). The minimum absolute atomic E-state index is 0.112. The van der Waals surface area contributed by atoms with Crippen LogP contribution in [0, 0.1) is 6.92 Å². The van der Waals surface area contributed by atoms with Gasteiger partial charge >= 0.3 is 0 Å². The van der Waals surface area contributed by atoms with Crippen molar-refractivity contribution in [1.29, 1.82) is 0 Å². The summed E-state index contributed by atoms with van der Waals surface area (Å²) in [5.74, 6) is 0.0529. The van der Waals surface area contributed by atoms with Crippen LogP contribution in [0.2, 0.25) is 15.1 Å². The van der Waals surface area contributed by atoms with Gasteiger partial charge in [-0.15, -0.1) is 0 Å². The summed E-state index contributed by atoms with van der Waals surface area (Å²) in [6, 6.07) is 9.97. The number of aryl methyl sites for hydroxylation is 2. The number of rotatable bonds is 16. The number of benzene rings is 2. The Kier molecular flexibility index (Phi) is 13.2. The Morgan fingerprint density at radius 2 is 1.52 bits per heavy atom. The van der Waals surface area contributed by atoms with E-state index in [9.17, 15) is 9.59 Å². The Bertz CT molecular complexity index is 1300. The van der Waals surface area contributed by atoms with Crippen LogP contribution >= 0.6 is 46.4 Å². The van der Waals surface area contributed by atoms with E-state index in [0.29, 0.717) is 10.8 Å². The molecule has 1 unspecified atom stereocenters. The van der Waals surface area contributed by atoms with Gasteiger partial charge in [0.2, 0.25) is 0 Å². The lowest BCUT2D eigenvalue weighted by molar-refractivity contribution is -0.119. The zero-order chi connectivity index (χ0) is 29.1. The highest BCUT2D eigenvalue weighted by Crippen LogP contribution is 2.31. The summed E-state index contributed by atoms with van der Waals surface area (Å²) >= 11 is 24.8. The number of hydrogen-bond donors (Lipinski definition) is 2. The van der Waals surface area contributed by atoms with Crippen LogP contribution in [0.25, 0.3) is 5.69 Å². The number of ether oxygens (including phenoxy) is 1. The molecule has 0 fully saturated rings. The average molecular weight is 629 g/mol. The van der Waals surface area contributed by atoms with Gasteiger partial charge in [0.1, 0.15) is 17.3 Å². The van der Waals surface area contributed by atoms with E-state index in [1.54, 1.807) is 0 Å². The number of halogens is 4. The molecule has 40 heavy (non-hydrogen) atoms. The molecule has 1 atom stereocenters. The topological polar surface area (TPSA) is 76.1 Å². The molecule has 10 heteroatoms. The van der Waals surface area contributed by atoms with Crippen molar-refractivity contribution in [1.82, 2.24) is 9.78 Å². The lowest BCUT2D eigenvalue weighted by Crippen LogP contribution is -2.28. The molecule has 0 spiro atoms. The first kappa shape index (κ1) is 32.4. The van der Waals surface area contributed by atoms with Crippen LogP contribution in [0.5, 0.6) is 5.75 Å². The zero-order valence-corrected chi connectivity index (χ0v) is 26.0. The molecule has 3 aromatic rings. The monoisotopic (exact) mass is 627 g/mol. The summed E-state index contributed by atoms with van der Waals surface area (Å²) in [4.78, 5) is 25.4. The highest BCUT2D eigenvalue weighted by molar-refractivity contribution is 6.40. The quantitative estimate of drug-likeness (QED) is 0.122. The fourth-order valence-electron chi connectivity index (χ4n) is 4.55. The van der Waals surface area contributed by atoms with Gasteiger partial charge in [-0.05, 0) is 43.5 Å². The molecule has 3 rings (SSSR count). The molecule has 0 saturated heterocycles. The second-order valence-electron chi connectivity index (χ2n) is 10.0. The number of nitrogens with one attached hydrogen (secondary N) is 2. The summed E-state index contributed by atoms with van der Waals surface area (Å²) in [7, 11) is 0. The summed E-state index contributed by atoms with van der Waals surface area (Å²) in [6.45, 7) is 4.27. The fourth-order valence-corrected chi connectivity index (χ4v) is 5.69. The summed E-state index contributed by atoms with van der Waals surface area (Å²) in [5.41, 5.74) is 0.552. The van der Waals surface area contributed by atoms with Gasteiger partial charge in [-0.1, -0.05) is 129 Å². The third-order valence-corrected chi connectivity index (χ3v) is 7.72. The summed E-state index contributed by atoms with van der Waals surface area (Å²) < 4.78 is 6.96. The number of aromatic amines is 1. The molecule has 0 radical (unpaired) electrons. The van der Waals surface area contributed by atoms with Crippen LogP contribution in [0.1, 0.15) is 82.3 Å². The largest absolute Gasteiger partial charge is 0.465 e. The Labute approximate surface area is 256 Å². The lowest BCUT2D eigenvalue weighted by atomic mass is 10.0. The second-order valence-corrected chi connectivity index (χ2v) is 11.7. The van der Waals surface area contributed by atoms with Crippen LogP contribution in [0.3, 0.4) is 0 Å². The van der Waals surface area contributed by atoms with Crippen molar-refractivity contribution in [2.45, 2.75) is 90.0 Å². The molecule has 2 aromatic carbocycles. The normalized spacial score (nSPS) is 11.9. The van der Waals surface area contributed by atoms with Gasteiger partial charge in [-0.3, -0.25) is 14.7 Å². The van der Waals surface area contributed by atoms with Crippen LogP contribution in [0.15, 0.2) is 41.2 Å². The van der Waals surface area contributed by atoms with Crippen LogP contribution in [0.4, 0.5) is 5.82 Å². The number of anilines is 1. The Morgan fingerprint density at radius 3 is 2.15 bits per heavy atom. The smallest absolute Gasteiger partial charge is 0.282 e. The van der Waals surface area contributed by atoms with Gasteiger partial charge in [0, 0.05) is 11.1 Å². The van der Waals surface area contributed by atoms with E-state index in [1.165, 1.54) is 69.6 Å². The van der Waals surface area contributed by atoms with E-state index in [-0.39, 0.29) is 21.6 Å². The van der Waals surface area contributed by atoms with Gasteiger partial charge in [0.15, 0.2) is 0 Å². The molecule has 1 amide bonds. The maximum Gasteiger partial charge on any atom is 0.282 e. The van der Waals surface area contributed by atoms with Crippen molar-refractivity contribution in [2.75, 3.05) is 5.32 Å². The molecule has 0 aliphatic rings. The number of carbonyl (C=O) groups is 1. The number of alkyl halides is 1. The number of hydrogen-bond acceptors (Lipinski definition) is 3. The highest BCUT2D eigenvalue weighted by Gasteiger charge is 2.21. The minimum atomic E-state index is -1.32. The van der Waals surface area contributed by atoms with Crippen molar-refractivity contribution in [3.05, 3.63) is 72.9 Å². The molecule has 0 saturated carbocycles. The molecule has 0 aliphatic carbocycles. The summed E-state index contributed by atoms with van der Waals surface area (Å²) in [6.07, 6.45) is 13.5. The Balaban J connectivity index is 1.54. The Hall–Kier alpha value is -2.12. The maximum absolute atomic E-state index is 12.8. The van der Waals surface area contributed by atoms with Gasteiger partial charge < -0.3 is 10.1 Å². The Morgan fingerprint density at radius 1 is 0.925 bits per heavy atom. The van der Waals surface area contributed by atoms with E-state index in [1.807, 2.05) is 19.1 Å². The first-order valence-electron chi connectivity index (χ1n) is 13.9. The van der Waals surface area contributed by atoms with E-state index in [0.717, 1.165) is 35.1 Å². The SMILES string of the molecule is CCCCCCCCCCCCc1cc(C)ccc1OC(Cl)C(=O)Nc1cc(=O)n(-c2c(Cl)cc(Cl)cc2Cl)[nH]1. The van der Waals surface area contributed by atoms with Crippen molar-refractivity contribution in [3.8, 4) is 11.4 Å². The molecule has 0 bridgehead atoms. The van der Waals surface area contributed by atoms with Gasteiger partial charge in [0.25, 0.3) is 17.0 Å². The minimum Gasteiger partial charge on any atom is -0.465 e. The number of unbranched alkanes of at least 4 members (excludes halogenated alkanes) is 9. The van der Waals surface area contributed by atoms with Crippen molar-refractivity contribution in [2.24, 2.45) is 0 Å². The summed E-state index contributed by atoms with van der Waals surface area (Å²) in [5, 5.41) is 6.03. The first-order chi connectivity index (χ1) is 19.2. The van der Waals surface area contributed by atoms with E-state index in [4.69, 9.17) is 51.1 Å². The number of amides is 1. The number of aromatic nitrogens is 2. The molecule has 218 valence electrons. The van der Waals surface area contributed by atoms with Crippen molar-refractivity contribution in [3.63, 3.8) is 0 Å². The molecule has 1 aromatic heterocycles. The molecule has 1 heterocycles. The van der Waals surface area contributed by atoms with E-state index < -0.39 is 17.0 Å². The number of H-pyrrole nitrogens is 1. The van der Waals surface area contributed by atoms with E-state index >= 15 is 0 Å². The maximum atomic E-state index is 12.8. The molecular weight excluding hydrogens is 592 g/mol. The van der Waals surface area contributed by atoms with Gasteiger partial charge in [0.05, 0.1) is 10.0 Å². The highest BCUT2D eigenvalue weighted by atomic mass is 35.5. The second kappa shape index (κ2) is 16.4. The van der Waals surface area contributed by atoms with Crippen LogP contribution in [-0.4, -0.2) is 21.3 Å². The molecule has 6 nitrogen and oxygen atoms in total. The predicted octanol–water partition coefficient (Wildman–Crippen LogP) is 9.48. The van der Waals surface area contributed by atoms with Gasteiger partial charge in [-0.25, -0.2) is 4.68 Å². The van der Waals surface area contributed by atoms with E-state index in [2.05, 4.69) is 23.4 Å². The third-order valence-electron chi connectivity index (χ3n) is 6.64. The van der Waals surface area contributed by atoms with Crippen LogP contribution < -0.4 is 15.6 Å². The third kappa shape index (κ3) is 9.76. The number of nitrogens with zero attached hydrogens (tertiary/aromatic N) is 1. The van der Waals surface area contributed by atoms with Gasteiger partial charge in [-0.2, -0.15) is 0 Å². The van der Waals surface area contributed by atoms with Crippen molar-refractivity contribution < 1.29 is 9.53 Å². The first-order valence-corrected chi connectivity index (χ1v) is 15.4. The fraction of sp³-hybridized carbons (Fsp3) is 0.467. The van der Waals surface area contributed by atoms with Crippen molar-refractivity contribution >= 4 is 58.1 Å².